The summed E-state index contributed by atoms with van der Waals surface area (Å²) in [6.07, 6.45) is 3.65. The molecule has 13 nitrogen and oxygen atoms in total. The number of anilines is 1. The summed E-state index contributed by atoms with van der Waals surface area (Å²) in [4.78, 5) is 48.3. The molecule has 278 valence electrons. The van der Waals surface area contributed by atoms with Crippen LogP contribution in [0.1, 0.15) is 46.5 Å². The molecule has 52 heavy (non-hydrogen) atoms. The Kier molecular flexibility index (Phi) is 10.2. The minimum absolute atomic E-state index is 0.0496. The average Bonchev–Trinajstić information content (AvgIpc) is 4.03. The molecule has 3 aromatic rings. The molecule has 3 aliphatic rings. The van der Waals surface area contributed by atoms with Crippen LogP contribution in [0, 0.1) is 11.3 Å². The number of nitrogens with one attached hydrogen (secondary N) is 3. The van der Waals surface area contributed by atoms with Gasteiger partial charge in [0.25, 0.3) is 5.91 Å². The van der Waals surface area contributed by atoms with Gasteiger partial charge in [-0.1, -0.05) is 44.5 Å². The SMILES string of the molecule is C=C[C@@H]1C[C@@]1(C(=O)NS(=O)(=O)C1CC1)N1CC(Oc2ncc(OC)c3ccc(Cl)cc23)C[C@H]1C(=O)NC(=O)[C@H](Nc1cccc(OC)c1)C(C)(C)C. The number of aromatic nitrogens is 1. The van der Waals surface area contributed by atoms with Gasteiger partial charge in [0.1, 0.15) is 29.2 Å². The highest BCUT2D eigenvalue weighted by molar-refractivity contribution is 7.91. The van der Waals surface area contributed by atoms with Gasteiger partial charge < -0.3 is 19.5 Å². The average molecular weight is 754 g/mol. The molecule has 5 atom stereocenters. The molecule has 3 N–H and O–H groups in total. The number of carbonyl (C=O) groups excluding carboxylic acids is 3. The third-order valence-corrected chi connectivity index (χ3v) is 12.0. The quantitative estimate of drug-likeness (QED) is 0.211. The molecule has 3 fully saturated rings. The van der Waals surface area contributed by atoms with Crippen LogP contribution in [0.4, 0.5) is 5.69 Å². The first-order valence-corrected chi connectivity index (χ1v) is 19.0. The number of hydrogen-bond acceptors (Lipinski definition) is 11. The van der Waals surface area contributed by atoms with E-state index in [2.05, 4.69) is 26.9 Å². The molecule has 0 radical (unpaired) electrons. The lowest BCUT2D eigenvalue weighted by molar-refractivity contribution is -0.136. The van der Waals surface area contributed by atoms with Gasteiger partial charge in [0, 0.05) is 46.4 Å². The number of rotatable bonds is 13. The summed E-state index contributed by atoms with van der Waals surface area (Å²) in [7, 11) is -0.831. The fourth-order valence-electron chi connectivity index (χ4n) is 6.94. The van der Waals surface area contributed by atoms with E-state index in [-0.39, 0.29) is 25.3 Å². The maximum atomic E-state index is 14.3. The second-order valence-corrected chi connectivity index (χ2v) is 17.0. The molecule has 0 bridgehead atoms. The predicted molar refractivity (Wildman–Crippen MR) is 197 cm³/mol. The number of pyridine rings is 1. The van der Waals surface area contributed by atoms with Crippen molar-refractivity contribution in [3.63, 3.8) is 0 Å². The van der Waals surface area contributed by atoms with Gasteiger partial charge in [-0.3, -0.25) is 29.3 Å². The zero-order valence-corrected chi connectivity index (χ0v) is 31.3. The normalized spacial score (nSPS) is 23.7. The van der Waals surface area contributed by atoms with Crippen molar-refractivity contribution in [3.8, 4) is 17.4 Å². The van der Waals surface area contributed by atoms with E-state index in [1.54, 1.807) is 60.6 Å². The summed E-state index contributed by atoms with van der Waals surface area (Å²) in [5, 5.41) is 6.94. The molecule has 2 heterocycles. The number of fused-ring (bicyclic) bond motifs is 1. The van der Waals surface area contributed by atoms with Crippen LogP contribution in [0.25, 0.3) is 10.8 Å². The zero-order chi connectivity index (χ0) is 37.6. The molecular weight excluding hydrogens is 710 g/mol. The Morgan fingerprint density at radius 3 is 2.48 bits per heavy atom. The van der Waals surface area contributed by atoms with Gasteiger partial charge >= 0.3 is 0 Å². The van der Waals surface area contributed by atoms with Gasteiger partial charge in [0.05, 0.1) is 31.7 Å². The van der Waals surface area contributed by atoms with Crippen LogP contribution < -0.4 is 29.6 Å². The van der Waals surface area contributed by atoms with Crippen molar-refractivity contribution in [2.45, 2.75) is 75.4 Å². The second-order valence-electron chi connectivity index (χ2n) is 14.6. The number of halogens is 1. The van der Waals surface area contributed by atoms with E-state index in [1.807, 2.05) is 20.8 Å². The standard InChI is InChI=1S/C37H44ClN5O8S/c1-7-21-18-37(21,35(46)42-52(47,48)26-12-13-26)43-20-25(51-34-28-15-22(38)11-14-27(28)30(50-6)19-39-34)17-29(43)32(44)41-33(45)31(36(2,3)4)40-23-9-8-10-24(16-23)49-5/h7-11,14-16,19,21,25-26,29,31,40H,1,12-13,17-18,20H2,2-6H3,(H,42,46)(H,41,44,45)/t21-,25?,29+,31+,37-/m1/s1. The largest absolute Gasteiger partial charge is 0.497 e. The van der Waals surface area contributed by atoms with Gasteiger partial charge in [-0.15, -0.1) is 6.58 Å². The molecular formula is C37H44ClN5O8S. The summed E-state index contributed by atoms with van der Waals surface area (Å²) >= 11 is 6.35. The lowest BCUT2D eigenvalue weighted by Gasteiger charge is -2.34. The van der Waals surface area contributed by atoms with E-state index in [1.165, 1.54) is 13.3 Å². The molecule has 1 aromatic heterocycles. The van der Waals surface area contributed by atoms with Crippen molar-refractivity contribution in [3.05, 3.63) is 66.3 Å². The Morgan fingerprint density at radius 2 is 1.85 bits per heavy atom. The zero-order valence-electron chi connectivity index (χ0n) is 29.8. The Bertz CT molecular complexity index is 2020. The van der Waals surface area contributed by atoms with Crippen LogP contribution in [0.2, 0.25) is 5.02 Å². The Labute approximate surface area is 308 Å². The van der Waals surface area contributed by atoms with Gasteiger partial charge in [0.15, 0.2) is 0 Å². The lowest BCUT2D eigenvalue weighted by Crippen LogP contribution is -2.59. The topological polar surface area (TPSA) is 165 Å². The summed E-state index contributed by atoms with van der Waals surface area (Å²) in [6.45, 7) is 9.56. The molecule has 0 spiro atoms. The van der Waals surface area contributed by atoms with Crippen molar-refractivity contribution < 1.29 is 37.0 Å². The van der Waals surface area contributed by atoms with Gasteiger partial charge in [0.2, 0.25) is 27.7 Å². The predicted octanol–water partition coefficient (Wildman–Crippen LogP) is 4.45. The maximum Gasteiger partial charge on any atom is 0.254 e. The molecule has 6 rings (SSSR count). The number of hydrogen-bond donors (Lipinski definition) is 3. The minimum Gasteiger partial charge on any atom is -0.497 e. The third-order valence-electron chi connectivity index (χ3n) is 9.97. The number of carbonyl (C=O) groups is 3. The van der Waals surface area contributed by atoms with E-state index < -0.39 is 68.1 Å². The second kappa shape index (κ2) is 14.2. The number of likely N-dealkylation sites (tertiary alicyclic amines) is 1. The number of sulfonamides is 1. The molecule has 1 saturated heterocycles. The minimum atomic E-state index is -3.90. The fraction of sp³-hybridized carbons (Fsp3) is 0.459. The van der Waals surface area contributed by atoms with E-state index in [0.717, 1.165) is 0 Å². The molecule has 2 saturated carbocycles. The first-order valence-electron chi connectivity index (χ1n) is 17.1. The van der Waals surface area contributed by atoms with Crippen molar-refractivity contribution >= 4 is 55.8 Å². The van der Waals surface area contributed by atoms with Crippen molar-refractivity contribution in [1.29, 1.82) is 0 Å². The van der Waals surface area contributed by atoms with Crippen LogP contribution in [-0.4, -0.2) is 85.8 Å². The molecule has 1 aliphatic heterocycles. The number of nitrogens with zero attached hydrogens (tertiary/aromatic N) is 2. The third kappa shape index (κ3) is 7.42. The smallest absolute Gasteiger partial charge is 0.254 e. The van der Waals surface area contributed by atoms with Crippen molar-refractivity contribution in [1.82, 2.24) is 19.9 Å². The van der Waals surface area contributed by atoms with Gasteiger partial charge in [-0.25, -0.2) is 13.4 Å². The number of ether oxygens (including phenoxy) is 3. The van der Waals surface area contributed by atoms with Crippen molar-refractivity contribution in [2.24, 2.45) is 11.3 Å². The molecule has 3 amide bonds. The highest BCUT2D eigenvalue weighted by atomic mass is 35.5. The van der Waals surface area contributed by atoms with Crippen LogP contribution in [-0.2, 0) is 24.4 Å². The van der Waals surface area contributed by atoms with E-state index in [0.29, 0.717) is 45.8 Å². The summed E-state index contributed by atoms with van der Waals surface area (Å²) in [6, 6.07) is 10.4. The number of benzene rings is 2. The molecule has 1 unspecified atom stereocenters. The monoisotopic (exact) mass is 753 g/mol. The summed E-state index contributed by atoms with van der Waals surface area (Å²) in [5.74, 6) is -1.08. The van der Waals surface area contributed by atoms with Crippen LogP contribution in [0.5, 0.6) is 17.4 Å². The highest BCUT2D eigenvalue weighted by Crippen LogP contribution is 2.53. The lowest BCUT2D eigenvalue weighted by atomic mass is 9.85. The van der Waals surface area contributed by atoms with E-state index in [4.69, 9.17) is 25.8 Å². The van der Waals surface area contributed by atoms with E-state index in [9.17, 15) is 22.8 Å². The van der Waals surface area contributed by atoms with Gasteiger partial charge in [-0.2, -0.15) is 0 Å². The number of methoxy groups -OCH3 is 2. The fourth-order valence-corrected chi connectivity index (χ4v) is 8.47. The highest BCUT2D eigenvalue weighted by Gasteiger charge is 2.67. The summed E-state index contributed by atoms with van der Waals surface area (Å²) < 4.78 is 45.5. The number of imide groups is 1. The van der Waals surface area contributed by atoms with Gasteiger partial charge in [-0.05, 0) is 55.0 Å². The Morgan fingerprint density at radius 1 is 1.10 bits per heavy atom. The number of amides is 3. The summed E-state index contributed by atoms with van der Waals surface area (Å²) in [5.41, 5.74) is -1.43. The van der Waals surface area contributed by atoms with E-state index >= 15 is 0 Å². The van der Waals surface area contributed by atoms with Crippen LogP contribution in [0.15, 0.2) is 61.3 Å². The first kappa shape index (κ1) is 37.4. The molecule has 2 aliphatic carbocycles. The van der Waals surface area contributed by atoms with Crippen LogP contribution in [0.3, 0.4) is 0 Å². The molecule has 15 heteroatoms. The first-order chi connectivity index (χ1) is 24.6. The molecule has 2 aromatic carbocycles. The Balaban J connectivity index is 1.31. The van der Waals surface area contributed by atoms with Crippen LogP contribution >= 0.6 is 11.6 Å². The Hall–Kier alpha value is -4.40. The maximum absolute atomic E-state index is 14.3. The van der Waals surface area contributed by atoms with Crippen molar-refractivity contribution in [2.75, 3.05) is 26.1 Å².